The maximum Gasteiger partial charge on any atom is 0.259 e. The molecule has 0 aliphatic carbocycles. The lowest BCUT2D eigenvalue weighted by Gasteiger charge is -2.13. The van der Waals surface area contributed by atoms with E-state index in [9.17, 15) is 4.79 Å². The summed E-state index contributed by atoms with van der Waals surface area (Å²) in [6, 6.07) is 11.9. The average molecular weight is 308 g/mol. The third-order valence-corrected chi connectivity index (χ3v) is 3.50. The van der Waals surface area contributed by atoms with Crippen molar-refractivity contribution in [1.29, 1.82) is 0 Å². The second kappa shape index (κ2) is 5.40. The van der Waals surface area contributed by atoms with Crippen molar-refractivity contribution in [3.63, 3.8) is 0 Å². The van der Waals surface area contributed by atoms with Crippen LogP contribution in [0.25, 0.3) is 10.8 Å². The molecular formula is C14H14BrNO2. The van der Waals surface area contributed by atoms with Gasteiger partial charge in [-0.1, -0.05) is 30.3 Å². The molecule has 0 N–H and O–H groups in total. The zero-order chi connectivity index (χ0) is 13.1. The molecule has 3 nitrogen and oxygen atoms in total. The van der Waals surface area contributed by atoms with Gasteiger partial charge in [-0.05, 0) is 32.8 Å². The Hall–Kier alpha value is -1.55. The van der Waals surface area contributed by atoms with Crippen molar-refractivity contribution in [2.75, 3.05) is 20.7 Å². The van der Waals surface area contributed by atoms with E-state index in [4.69, 9.17) is 4.74 Å². The van der Waals surface area contributed by atoms with Gasteiger partial charge in [-0.25, -0.2) is 0 Å². The SMILES string of the molecule is CN(C)C(=O)COc1ccc2ccccc2c1Br. The minimum atomic E-state index is -0.0601. The summed E-state index contributed by atoms with van der Waals surface area (Å²) in [5.74, 6) is 0.624. The first-order chi connectivity index (χ1) is 8.59. The smallest absolute Gasteiger partial charge is 0.259 e. The Bertz CT molecular complexity index is 581. The molecule has 0 heterocycles. The molecule has 0 aliphatic rings. The molecule has 0 unspecified atom stereocenters. The summed E-state index contributed by atoms with van der Waals surface area (Å²) >= 11 is 3.52. The number of likely N-dealkylation sites (N-methyl/N-ethyl adjacent to an activating group) is 1. The summed E-state index contributed by atoms with van der Waals surface area (Å²) in [6.07, 6.45) is 0. The Labute approximate surface area is 114 Å². The van der Waals surface area contributed by atoms with E-state index in [1.54, 1.807) is 14.1 Å². The fraction of sp³-hybridized carbons (Fsp3) is 0.214. The highest BCUT2D eigenvalue weighted by Gasteiger charge is 2.09. The Morgan fingerprint density at radius 3 is 2.67 bits per heavy atom. The quantitative estimate of drug-likeness (QED) is 0.872. The predicted molar refractivity (Wildman–Crippen MR) is 75.8 cm³/mol. The number of benzene rings is 2. The minimum absolute atomic E-state index is 0.0456. The molecule has 0 saturated carbocycles. The number of hydrogen-bond donors (Lipinski definition) is 0. The van der Waals surface area contributed by atoms with Crippen LogP contribution >= 0.6 is 15.9 Å². The van der Waals surface area contributed by atoms with Crippen molar-refractivity contribution >= 4 is 32.6 Å². The molecule has 0 aliphatic heterocycles. The lowest BCUT2D eigenvalue weighted by atomic mass is 10.1. The number of amides is 1. The van der Waals surface area contributed by atoms with Crippen LogP contribution in [0.1, 0.15) is 0 Å². The molecule has 0 bridgehead atoms. The molecule has 0 radical (unpaired) electrons. The number of hydrogen-bond acceptors (Lipinski definition) is 2. The number of carbonyl (C=O) groups is 1. The van der Waals surface area contributed by atoms with Crippen LogP contribution in [0.4, 0.5) is 0 Å². The van der Waals surface area contributed by atoms with Crippen LogP contribution in [0.3, 0.4) is 0 Å². The highest BCUT2D eigenvalue weighted by Crippen LogP contribution is 2.32. The Kier molecular flexibility index (Phi) is 3.87. The van der Waals surface area contributed by atoms with Gasteiger partial charge in [-0.2, -0.15) is 0 Å². The third-order valence-electron chi connectivity index (χ3n) is 2.68. The standard InChI is InChI=1S/C14H14BrNO2/c1-16(2)13(17)9-18-12-8-7-10-5-3-4-6-11(10)14(12)15/h3-8H,9H2,1-2H3. The van der Waals surface area contributed by atoms with E-state index in [-0.39, 0.29) is 12.5 Å². The molecule has 18 heavy (non-hydrogen) atoms. The molecular weight excluding hydrogens is 294 g/mol. The summed E-state index contributed by atoms with van der Waals surface area (Å²) < 4.78 is 6.41. The number of fused-ring (bicyclic) bond motifs is 1. The third kappa shape index (κ3) is 2.64. The highest BCUT2D eigenvalue weighted by molar-refractivity contribution is 9.10. The molecule has 0 spiro atoms. The maximum absolute atomic E-state index is 11.5. The number of nitrogens with zero attached hydrogens (tertiary/aromatic N) is 1. The first kappa shape index (κ1) is 12.9. The summed E-state index contributed by atoms with van der Waals surface area (Å²) in [5, 5.41) is 2.21. The zero-order valence-corrected chi connectivity index (χ0v) is 11.9. The monoisotopic (exact) mass is 307 g/mol. The summed E-state index contributed by atoms with van der Waals surface area (Å²) in [5.41, 5.74) is 0. The van der Waals surface area contributed by atoms with Gasteiger partial charge in [0.05, 0.1) is 4.47 Å². The Balaban J connectivity index is 2.24. The van der Waals surface area contributed by atoms with Crippen LogP contribution in [0.2, 0.25) is 0 Å². The van der Waals surface area contributed by atoms with Gasteiger partial charge in [-0.3, -0.25) is 4.79 Å². The summed E-state index contributed by atoms with van der Waals surface area (Å²) in [7, 11) is 3.42. The summed E-state index contributed by atoms with van der Waals surface area (Å²) in [4.78, 5) is 13.0. The van der Waals surface area contributed by atoms with E-state index < -0.39 is 0 Å². The van der Waals surface area contributed by atoms with Crippen LogP contribution in [0, 0.1) is 0 Å². The molecule has 2 aromatic carbocycles. The van der Waals surface area contributed by atoms with Gasteiger partial charge in [0.1, 0.15) is 5.75 Å². The number of rotatable bonds is 3. The average Bonchev–Trinajstić information content (AvgIpc) is 2.38. The van der Waals surface area contributed by atoms with Gasteiger partial charge in [-0.15, -0.1) is 0 Å². The predicted octanol–water partition coefficient (Wildman–Crippen LogP) is 3.07. The van der Waals surface area contributed by atoms with Crippen LogP contribution in [-0.4, -0.2) is 31.5 Å². The van der Waals surface area contributed by atoms with Gasteiger partial charge in [0.25, 0.3) is 5.91 Å². The molecule has 2 rings (SSSR count). The molecule has 0 fully saturated rings. The molecule has 94 valence electrons. The first-order valence-electron chi connectivity index (χ1n) is 5.60. The maximum atomic E-state index is 11.5. The van der Waals surface area contributed by atoms with Crippen molar-refractivity contribution in [2.24, 2.45) is 0 Å². The highest BCUT2D eigenvalue weighted by atomic mass is 79.9. The minimum Gasteiger partial charge on any atom is -0.483 e. The topological polar surface area (TPSA) is 29.5 Å². The van der Waals surface area contributed by atoms with Gasteiger partial charge in [0, 0.05) is 14.1 Å². The van der Waals surface area contributed by atoms with Crippen molar-refractivity contribution in [2.45, 2.75) is 0 Å². The van der Waals surface area contributed by atoms with Crippen LogP contribution in [-0.2, 0) is 4.79 Å². The molecule has 0 saturated heterocycles. The van der Waals surface area contributed by atoms with Crippen molar-refractivity contribution in [1.82, 2.24) is 4.90 Å². The van der Waals surface area contributed by atoms with Crippen LogP contribution in [0.15, 0.2) is 40.9 Å². The fourth-order valence-electron chi connectivity index (χ4n) is 1.59. The molecule has 4 heteroatoms. The second-order valence-corrected chi connectivity index (χ2v) is 4.97. The van der Waals surface area contributed by atoms with Gasteiger partial charge in [0.2, 0.25) is 0 Å². The number of carbonyl (C=O) groups excluding carboxylic acids is 1. The van der Waals surface area contributed by atoms with Crippen molar-refractivity contribution in [3.8, 4) is 5.75 Å². The molecule has 1 amide bonds. The normalized spacial score (nSPS) is 10.4. The molecule has 0 aromatic heterocycles. The number of halogens is 1. The van der Waals surface area contributed by atoms with Crippen LogP contribution in [0.5, 0.6) is 5.75 Å². The molecule has 2 aromatic rings. The van der Waals surface area contributed by atoms with E-state index >= 15 is 0 Å². The van der Waals surface area contributed by atoms with Gasteiger partial charge < -0.3 is 9.64 Å². The second-order valence-electron chi connectivity index (χ2n) is 4.18. The van der Waals surface area contributed by atoms with E-state index in [0.29, 0.717) is 5.75 Å². The number of ether oxygens (including phenoxy) is 1. The van der Waals surface area contributed by atoms with E-state index in [1.807, 2.05) is 36.4 Å². The Morgan fingerprint density at radius 2 is 1.94 bits per heavy atom. The van der Waals surface area contributed by atoms with E-state index in [1.165, 1.54) is 4.90 Å². The van der Waals surface area contributed by atoms with Gasteiger partial charge in [0.15, 0.2) is 6.61 Å². The molecule has 0 atom stereocenters. The van der Waals surface area contributed by atoms with E-state index in [0.717, 1.165) is 15.2 Å². The Morgan fingerprint density at radius 1 is 1.22 bits per heavy atom. The summed E-state index contributed by atoms with van der Waals surface area (Å²) in [6.45, 7) is 0.0456. The lowest BCUT2D eigenvalue weighted by Crippen LogP contribution is -2.27. The largest absolute Gasteiger partial charge is 0.483 e. The first-order valence-corrected chi connectivity index (χ1v) is 6.39. The zero-order valence-electron chi connectivity index (χ0n) is 10.3. The fourth-order valence-corrected chi connectivity index (χ4v) is 2.20. The van der Waals surface area contributed by atoms with E-state index in [2.05, 4.69) is 15.9 Å². The van der Waals surface area contributed by atoms with Crippen molar-refractivity contribution < 1.29 is 9.53 Å². The lowest BCUT2D eigenvalue weighted by molar-refractivity contribution is -0.130. The van der Waals surface area contributed by atoms with Crippen molar-refractivity contribution in [3.05, 3.63) is 40.9 Å². The van der Waals surface area contributed by atoms with Crippen LogP contribution < -0.4 is 4.74 Å². The van der Waals surface area contributed by atoms with Gasteiger partial charge >= 0.3 is 0 Å².